The van der Waals surface area contributed by atoms with Crippen molar-refractivity contribution in [3.63, 3.8) is 0 Å². The molecule has 0 saturated carbocycles. The maximum Gasteiger partial charge on any atom is 0.247 e. The summed E-state index contributed by atoms with van der Waals surface area (Å²) in [5, 5.41) is 0. The Morgan fingerprint density at radius 3 is 2.53 bits per heavy atom. The monoisotopic (exact) mass is 324 g/mol. The van der Waals surface area contributed by atoms with E-state index in [0.717, 1.165) is 6.42 Å². The molecule has 0 unspecified atom stereocenters. The van der Waals surface area contributed by atoms with Crippen LogP contribution in [-0.2, 0) is 16.6 Å². The lowest BCUT2D eigenvalue weighted by Crippen LogP contribution is -2.31. The van der Waals surface area contributed by atoms with Crippen LogP contribution in [0.25, 0.3) is 0 Å². The zero-order valence-electron chi connectivity index (χ0n) is 9.94. The van der Waals surface area contributed by atoms with E-state index in [4.69, 9.17) is 10.2 Å². The zero-order valence-corrected chi connectivity index (χ0v) is 12.3. The van der Waals surface area contributed by atoms with E-state index >= 15 is 0 Å². The topological polar surface area (TPSA) is 76.5 Å². The second kappa shape index (κ2) is 5.99. The predicted molar refractivity (Wildman–Crippen MR) is 69.0 cm³/mol. The number of hydrogen-bond donors (Lipinski definition) is 1. The SMILES string of the molecule is CCCN(CC)S(=O)(=O)c1cc(CN)oc1Br. The number of hydrogen-bond acceptors (Lipinski definition) is 4. The van der Waals surface area contributed by atoms with Crippen molar-refractivity contribution in [2.45, 2.75) is 31.7 Å². The highest BCUT2D eigenvalue weighted by Crippen LogP contribution is 2.28. The van der Waals surface area contributed by atoms with Gasteiger partial charge in [-0.2, -0.15) is 4.31 Å². The Morgan fingerprint density at radius 2 is 2.12 bits per heavy atom. The van der Waals surface area contributed by atoms with Gasteiger partial charge >= 0.3 is 0 Å². The van der Waals surface area contributed by atoms with Crippen molar-refractivity contribution in [3.05, 3.63) is 16.5 Å². The Hall–Kier alpha value is -0.370. The van der Waals surface area contributed by atoms with Gasteiger partial charge in [-0.3, -0.25) is 0 Å². The van der Waals surface area contributed by atoms with E-state index in [1.54, 1.807) is 0 Å². The highest BCUT2D eigenvalue weighted by molar-refractivity contribution is 9.10. The van der Waals surface area contributed by atoms with Gasteiger partial charge in [-0.1, -0.05) is 13.8 Å². The van der Waals surface area contributed by atoms with Crippen molar-refractivity contribution in [1.29, 1.82) is 0 Å². The summed E-state index contributed by atoms with van der Waals surface area (Å²) < 4.78 is 31.4. The Morgan fingerprint density at radius 1 is 1.47 bits per heavy atom. The third-order valence-electron chi connectivity index (χ3n) is 2.35. The van der Waals surface area contributed by atoms with Crippen molar-refractivity contribution in [2.75, 3.05) is 13.1 Å². The molecule has 0 spiro atoms. The molecule has 5 nitrogen and oxygen atoms in total. The minimum Gasteiger partial charge on any atom is -0.452 e. The second-order valence-corrected chi connectivity index (χ2v) is 6.18. The third kappa shape index (κ3) is 3.09. The number of nitrogens with zero attached hydrogens (tertiary/aromatic N) is 1. The summed E-state index contributed by atoms with van der Waals surface area (Å²) in [5.74, 6) is 0.447. The first-order valence-corrected chi connectivity index (χ1v) is 7.69. The highest BCUT2D eigenvalue weighted by Gasteiger charge is 2.27. The summed E-state index contributed by atoms with van der Waals surface area (Å²) in [6.07, 6.45) is 0.770. The van der Waals surface area contributed by atoms with Crippen LogP contribution < -0.4 is 5.73 Å². The van der Waals surface area contributed by atoms with E-state index in [2.05, 4.69) is 15.9 Å². The Balaban J connectivity index is 3.15. The van der Waals surface area contributed by atoms with E-state index < -0.39 is 10.0 Å². The van der Waals surface area contributed by atoms with Crippen LogP contribution in [-0.4, -0.2) is 25.8 Å². The maximum atomic E-state index is 12.3. The fraction of sp³-hybridized carbons (Fsp3) is 0.600. The maximum absolute atomic E-state index is 12.3. The minimum absolute atomic E-state index is 0.147. The largest absolute Gasteiger partial charge is 0.452 e. The first-order chi connectivity index (χ1) is 7.97. The first-order valence-electron chi connectivity index (χ1n) is 5.45. The molecule has 0 radical (unpaired) electrons. The molecule has 1 heterocycles. The lowest BCUT2D eigenvalue weighted by atomic mass is 10.5. The molecular formula is C10H17BrN2O3S. The van der Waals surface area contributed by atoms with E-state index in [1.165, 1.54) is 10.4 Å². The molecule has 7 heteroatoms. The predicted octanol–water partition coefficient (Wildman–Crippen LogP) is 1.92. The standard InChI is InChI=1S/C10H17BrN2O3S/c1-3-5-13(4-2)17(14,15)9-6-8(7-12)16-10(9)11/h6H,3-5,7,12H2,1-2H3. The van der Waals surface area contributed by atoms with Crippen LogP contribution in [0.5, 0.6) is 0 Å². The first kappa shape index (κ1) is 14.7. The van der Waals surface area contributed by atoms with Crippen molar-refractivity contribution in [1.82, 2.24) is 4.31 Å². The van der Waals surface area contributed by atoms with Gasteiger partial charge in [0.2, 0.25) is 10.0 Å². The van der Waals surface area contributed by atoms with Gasteiger partial charge in [-0.25, -0.2) is 8.42 Å². The van der Waals surface area contributed by atoms with Crippen molar-refractivity contribution < 1.29 is 12.8 Å². The van der Waals surface area contributed by atoms with Crippen molar-refractivity contribution in [2.24, 2.45) is 5.73 Å². The highest BCUT2D eigenvalue weighted by atomic mass is 79.9. The molecule has 17 heavy (non-hydrogen) atoms. The van der Waals surface area contributed by atoms with Crippen LogP contribution in [0, 0.1) is 0 Å². The van der Waals surface area contributed by atoms with Crippen molar-refractivity contribution in [3.8, 4) is 0 Å². The molecule has 1 rings (SSSR count). The van der Waals surface area contributed by atoms with Crippen LogP contribution in [0.2, 0.25) is 0 Å². The van der Waals surface area contributed by atoms with Gasteiger partial charge in [0, 0.05) is 19.2 Å². The van der Waals surface area contributed by atoms with E-state index in [9.17, 15) is 8.42 Å². The summed E-state index contributed by atoms with van der Waals surface area (Å²) in [6, 6.07) is 1.47. The van der Waals surface area contributed by atoms with Gasteiger partial charge in [0.05, 0.1) is 6.54 Å². The lowest BCUT2D eigenvalue weighted by molar-refractivity contribution is 0.424. The smallest absolute Gasteiger partial charge is 0.247 e. The molecule has 0 aromatic carbocycles. The molecule has 1 aromatic heterocycles. The fourth-order valence-corrected chi connectivity index (χ4v) is 4.01. The van der Waals surface area contributed by atoms with Gasteiger partial charge < -0.3 is 10.2 Å². The summed E-state index contributed by atoms with van der Waals surface area (Å²) in [4.78, 5) is 0.147. The number of halogens is 1. The van der Waals surface area contributed by atoms with Crippen LogP contribution in [0.1, 0.15) is 26.0 Å². The number of rotatable bonds is 6. The van der Waals surface area contributed by atoms with Gasteiger partial charge in [-0.15, -0.1) is 0 Å². The molecule has 0 aliphatic heterocycles. The lowest BCUT2D eigenvalue weighted by Gasteiger charge is -2.18. The molecule has 98 valence electrons. The summed E-state index contributed by atoms with van der Waals surface area (Å²) in [6.45, 7) is 4.85. The molecular weight excluding hydrogens is 308 g/mol. The van der Waals surface area contributed by atoms with Gasteiger partial charge in [0.1, 0.15) is 10.7 Å². The molecule has 0 aliphatic carbocycles. The van der Waals surface area contributed by atoms with Gasteiger partial charge in [-0.05, 0) is 22.4 Å². The minimum atomic E-state index is -3.50. The van der Waals surface area contributed by atoms with Crippen LogP contribution in [0.3, 0.4) is 0 Å². The molecule has 1 aromatic rings. The zero-order chi connectivity index (χ0) is 13.1. The number of furan rings is 1. The Kier molecular flexibility index (Phi) is 5.18. The average molecular weight is 325 g/mol. The average Bonchev–Trinajstić information content (AvgIpc) is 2.67. The molecule has 0 atom stereocenters. The molecule has 0 amide bonds. The van der Waals surface area contributed by atoms with Crippen molar-refractivity contribution >= 4 is 26.0 Å². The second-order valence-electron chi connectivity index (χ2n) is 3.55. The Bertz CT molecular complexity index is 470. The molecule has 0 saturated heterocycles. The number of sulfonamides is 1. The summed E-state index contributed by atoms with van der Waals surface area (Å²) in [5.41, 5.74) is 5.42. The quantitative estimate of drug-likeness (QED) is 0.867. The summed E-state index contributed by atoms with van der Waals surface area (Å²) in [7, 11) is -3.50. The number of nitrogens with two attached hydrogens (primary N) is 1. The normalized spacial score (nSPS) is 12.3. The molecule has 0 fully saturated rings. The van der Waals surface area contributed by atoms with Crippen LogP contribution in [0.4, 0.5) is 0 Å². The fourth-order valence-electron chi connectivity index (χ4n) is 1.51. The van der Waals surface area contributed by atoms with Crippen LogP contribution in [0.15, 0.2) is 20.0 Å². The van der Waals surface area contributed by atoms with E-state index in [0.29, 0.717) is 18.8 Å². The molecule has 0 bridgehead atoms. The molecule has 2 N–H and O–H groups in total. The van der Waals surface area contributed by atoms with Gasteiger partial charge in [0.25, 0.3) is 0 Å². The molecule has 0 aliphatic rings. The summed E-state index contributed by atoms with van der Waals surface area (Å²) >= 11 is 3.11. The van der Waals surface area contributed by atoms with Gasteiger partial charge in [0.15, 0.2) is 4.67 Å². The van der Waals surface area contributed by atoms with E-state index in [1.807, 2.05) is 13.8 Å². The van der Waals surface area contributed by atoms with E-state index in [-0.39, 0.29) is 16.1 Å². The third-order valence-corrected chi connectivity index (χ3v) is 5.18. The van der Waals surface area contributed by atoms with Crippen LogP contribution >= 0.6 is 15.9 Å². The Labute approximate surface area is 110 Å².